The predicted octanol–water partition coefficient (Wildman–Crippen LogP) is 3.60. The van der Waals surface area contributed by atoms with Crippen LogP contribution in [0.1, 0.15) is 55.4 Å². The monoisotopic (exact) mass is 239 g/mol. The van der Waals surface area contributed by atoms with E-state index in [2.05, 4.69) is 56.4 Å². The Morgan fingerprint density at radius 3 is 1.82 bits per heavy atom. The zero-order valence-corrected chi connectivity index (χ0v) is 12.8. The van der Waals surface area contributed by atoms with Crippen molar-refractivity contribution in [1.29, 1.82) is 0 Å². The molecule has 0 rings (SSSR count). The predicted molar refractivity (Wildman–Crippen MR) is 78.0 cm³/mol. The fourth-order valence-corrected chi connectivity index (χ4v) is 1.51. The van der Waals surface area contributed by atoms with Crippen molar-refractivity contribution >= 4 is 11.7 Å². The smallest absolute Gasteiger partial charge is 0.221 e. The highest BCUT2D eigenvalue weighted by Crippen LogP contribution is 2.08. The van der Waals surface area contributed by atoms with E-state index < -0.39 is 0 Å². The zero-order valence-electron chi connectivity index (χ0n) is 12.8. The summed E-state index contributed by atoms with van der Waals surface area (Å²) in [6.07, 6.45) is 0. The summed E-state index contributed by atoms with van der Waals surface area (Å²) in [4.78, 5) is 11.5. The summed E-state index contributed by atoms with van der Waals surface area (Å²) in [6.45, 7) is 18.1. The Labute approximate surface area is 107 Å². The van der Waals surface area contributed by atoms with E-state index in [9.17, 15) is 0 Å². The van der Waals surface area contributed by atoms with Crippen LogP contribution in [0.25, 0.3) is 0 Å². The highest BCUT2D eigenvalue weighted by atomic mass is 15.3. The summed E-state index contributed by atoms with van der Waals surface area (Å²) < 4.78 is 0. The van der Waals surface area contributed by atoms with E-state index in [0.717, 1.165) is 18.2 Å². The van der Waals surface area contributed by atoms with Gasteiger partial charge in [0.15, 0.2) is 0 Å². The van der Waals surface area contributed by atoms with Crippen LogP contribution in [0.3, 0.4) is 0 Å². The molecular weight excluding hydrogens is 210 g/mol. The van der Waals surface area contributed by atoms with Crippen molar-refractivity contribution in [3.63, 3.8) is 0 Å². The average Bonchev–Trinajstić information content (AvgIpc) is 2.10. The van der Waals surface area contributed by atoms with Gasteiger partial charge in [0, 0.05) is 24.3 Å². The molecule has 0 bridgehead atoms. The van der Waals surface area contributed by atoms with E-state index in [0.29, 0.717) is 12.0 Å². The third-order valence-electron chi connectivity index (χ3n) is 2.14. The maximum atomic E-state index is 4.65. The fourth-order valence-electron chi connectivity index (χ4n) is 1.51. The van der Waals surface area contributed by atoms with E-state index in [-0.39, 0.29) is 6.04 Å². The molecule has 0 N–H and O–H groups in total. The summed E-state index contributed by atoms with van der Waals surface area (Å²) in [7, 11) is 0. The third-order valence-corrected chi connectivity index (χ3v) is 2.14. The number of rotatable bonds is 4. The van der Waals surface area contributed by atoms with Gasteiger partial charge in [-0.2, -0.15) is 0 Å². The second-order valence-corrected chi connectivity index (χ2v) is 5.72. The van der Waals surface area contributed by atoms with Gasteiger partial charge >= 0.3 is 0 Å². The zero-order chi connectivity index (χ0) is 13.6. The van der Waals surface area contributed by atoms with Gasteiger partial charge in [0.25, 0.3) is 0 Å². The van der Waals surface area contributed by atoms with Crippen LogP contribution < -0.4 is 0 Å². The van der Waals surface area contributed by atoms with Crippen molar-refractivity contribution in [1.82, 2.24) is 4.90 Å². The Hall–Kier alpha value is -0.860. The van der Waals surface area contributed by atoms with E-state index in [4.69, 9.17) is 0 Å². The molecule has 0 atom stereocenters. The van der Waals surface area contributed by atoms with Crippen molar-refractivity contribution in [2.75, 3.05) is 6.54 Å². The van der Waals surface area contributed by atoms with Gasteiger partial charge in [-0.3, -0.25) is 0 Å². The molecule has 0 aliphatic rings. The van der Waals surface area contributed by atoms with Crippen molar-refractivity contribution in [2.45, 2.75) is 67.5 Å². The summed E-state index contributed by atoms with van der Waals surface area (Å²) in [5, 5.41) is 0. The van der Waals surface area contributed by atoms with E-state index in [1.165, 1.54) is 0 Å². The van der Waals surface area contributed by atoms with Crippen LogP contribution in [0.4, 0.5) is 0 Å². The Kier molecular flexibility index (Phi) is 7.09. The molecule has 0 heterocycles. The van der Waals surface area contributed by atoms with Gasteiger partial charge in [-0.15, -0.1) is 0 Å². The van der Waals surface area contributed by atoms with Crippen molar-refractivity contribution < 1.29 is 0 Å². The normalized spacial score (nSPS) is 12.5. The molecule has 0 radical (unpaired) electrons. The van der Waals surface area contributed by atoms with E-state index in [1.54, 1.807) is 0 Å². The minimum absolute atomic E-state index is 0.279. The van der Waals surface area contributed by atoms with Crippen LogP contribution in [0, 0.1) is 5.92 Å². The van der Waals surface area contributed by atoms with Gasteiger partial charge in [-0.25, -0.2) is 9.98 Å². The van der Waals surface area contributed by atoms with Crippen LogP contribution >= 0.6 is 0 Å². The lowest BCUT2D eigenvalue weighted by Crippen LogP contribution is -2.39. The first-order valence-corrected chi connectivity index (χ1v) is 6.60. The van der Waals surface area contributed by atoms with Gasteiger partial charge < -0.3 is 4.90 Å². The van der Waals surface area contributed by atoms with Crippen LogP contribution in [-0.4, -0.2) is 35.2 Å². The Balaban J connectivity index is 5.15. The van der Waals surface area contributed by atoms with Crippen molar-refractivity contribution in [3.8, 4) is 0 Å². The molecule has 0 saturated carbocycles. The first-order chi connectivity index (χ1) is 7.73. The molecule has 0 unspecified atom stereocenters. The minimum atomic E-state index is 0.279. The molecule has 0 saturated heterocycles. The molecule has 0 fully saturated rings. The maximum Gasteiger partial charge on any atom is 0.221 e. The van der Waals surface area contributed by atoms with Gasteiger partial charge in [0.05, 0.1) is 0 Å². The molecule has 0 spiro atoms. The summed E-state index contributed by atoms with van der Waals surface area (Å²) >= 11 is 0. The van der Waals surface area contributed by atoms with Gasteiger partial charge in [0.1, 0.15) is 0 Å². The van der Waals surface area contributed by atoms with Crippen molar-refractivity contribution in [3.05, 3.63) is 0 Å². The summed E-state index contributed by atoms with van der Waals surface area (Å²) in [5.41, 5.74) is 1.05. The van der Waals surface area contributed by atoms with Gasteiger partial charge in [0.2, 0.25) is 5.96 Å². The van der Waals surface area contributed by atoms with Crippen molar-refractivity contribution in [2.24, 2.45) is 15.9 Å². The number of hydrogen-bond donors (Lipinski definition) is 0. The average molecular weight is 239 g/mol. The Morgan fingerprint density at radius 2 is 1.53 bits per heavy atom. The summed E-state index contributed by atoms with van der Waals surface area (Å²) in [6, 6.07) is 0.708. The van der Waals surface area contributed by atoms with Crippen LogP contribution in [0.5, 0.6) is 0 Å². The Morgan fingerprint density at radius 1 is 1.00 bits per heavy atom. The number of nitrogens with zero attached hydrogens (tertiary/aromatic N) is 3. The van der Waals surface area contributed by atoms with Crippen LogP contribution in [0.15, 0.2) is 9.98 Å². The molecular formula is C14H29N3. The highest BCUT2D eigenvalue weighted by Gasteiger charge is 2.16. The molecule has 0 amide bonds. The first kappa shape index (κ1) is 16.1. The van der Waals surface area contributed by atoms with E-state index >= 15 is 0 Å². The second kappa shape index (κ2) is 7.46. The maximum absolute atomic E-state index is 4.65. The van der Waals surface area contributed by atoms with Crippen LogP contribution in [-0.2, 0) is 0 Å². The van der Waals surface area contributed by atoms with Gasteiger partial charge in [-0.1, -0.05) is 13.8 Å². The molecule has 0 aromatic heterocycles. The molecule has 100 valence electrons. The molecule has 17 heavy (non-hydrogen) atoms. The molecule has 3 heteroatoms. The number of aliphatic imine (C=N–C) groups is 2. The highest BCUT2D eigenvalue weighted by molar-refractivity contribution is 5.94. The topological polar surface area (TPSA) is 28.0 Å². The van der Waals surface area contributed by atoms with E-state index in [1.807, 2.05) is 13.8 Å². The SMILES string of the molecule is CC(C)=N/C(=N/C(C)C)N(CC(C)C)C(C)C. The fraction of sp³-hybridized carbons (Fsp3) is 0.857. The lowest BCUT2D eigenvalue weighted by molar-refractivity contribution is 0.306. The molecule has 0 aliphatic carbocycles. The molecule has 3 nitrogen and oxygen atoms in total. The number of hydrogen-bond acceptors (Lipinski definition) is 1. The van der Waals surface area contributed by atoms with Gasteiger partial charge in [-0.05, 0) is 47.5 Å². The molecule has 0 aliphatic heterocycles. The second-order valence-electron chi connectivity index (χ2n) is 5.72. The standard InChI is InChI=1S/C14H29N3/c1-10(2)9-17(13(7)8)14(15-11(3)4)16-12(5)6/h10-11,13H,9H2,1-8H3/b15-14-. The largest absolute Gasteiger partial charge is 0.338 e. The minimum Gasteiger partial charge on any atom is -0.338 e. The molecule has 0 aromatic rings. The third kappa shape index (κ3) is 7.14. The quantitative estimate of drug-likeness (QED) is 0.544. The van der Waals surface area contributed by atoms with Crippen LogP contribution in [0.2, 0.25) is 0 Å². The lowest BCUT2D eigenvalue weighted by atomic mass is 10.2. The number of guanidine groups is 1. The lowest BCUT2D eigenvalue weighted by Gasteiger charge is -2.30. The molecule has 0 aromatic carbocycles. The Bertz CT molecular complexity index is 271. The first-order valence-electron chi connectivity index (χ1n) is 6.60. The summed E-state index contributed by atoms with van der Waals surface area (Å²) in [5.74, 6) is 1.49.